The van der Waals surface area contributed by atoms with Crippen molar-refractivity contribution in [3.63, 3.8) is 0 Å². The number of amides is 1. The number of halogens is 2. The molecule has 0 atom stereocenters. The molecule has 0 aliphatic rings. The number of nitrogens with zero attached hydrogens (tertiary/aromatic N) is 1. The topological polar surface area (TPSA) is 20.3 Å². The Hall–Kier alpha value is -1.77. The van der Waals surface area contributed by atoms with E-state index in [2.05, 4.69) is 6.58 Å². The molecule has 102 valence electrons. The summed E-state index contributed by atoms with van der Waals surface area (Å²) in [5.41, 5.74) is 1.25. The molecule has 4 heteroatoms. The van der Waals surface area contributed by atoms with Crippen LogP contribution < -0.4 is 4.90 Å². The van der Waals surface area contributed by atoms with Crippen molar-refractivity contribution in [2.24, 2.45) is 0 Å². The van der Waals surface area contributed by atoms with Crippen molar-refractivity contribution in [3.05, 3.63) is 76.8 Å². The third-order valence-electron chi connectivity index (χ3n) is 2.73. The van der Waals surface area contributed by atoms with E-state index in [4.69, 9.17) is 23.2 Å². The highest BCUT2D eigenvalue weighted by Gasteiger charge is 2.17. The Morgan fingerprint density at radius 2 is 1.70 bits per heavy atom. The molecule has 0 aromatic heterocycles. The van der Waals surface area contributed by atoms with E-state index in [0.29, 0.717) is 22.2 Å². The molecule has 0 saturated carbocycles. The molecule has 0 aliphatic heterocycles. The van der Waals surface area contributed by atoms with E-state index < -0.39 is 0 Å². The molecule has 2 aromatic rings. The van der Waals surface area contributed by atoms with E-state index in [-0.39, 0.29) is 5.91 Å². The Kier molecular flexibility index (Phi) is 4.83. The van der Waals surface area contributed by atoms with Gasteiger partial charge in [-0.25, -0.2) is 0 Å². The smallest absolute Gasteiger partial charge is 0.258 e. The molecule has 2 rings (SSSR count). The van der Waals surface area contributed by atoms with Gasteiger partial charge in [-0.05, 0) is 30.3 Å². The number of carbonyl (C=O) groups excluding carboxylic acids is 1. The number of anilines is 1. The predicted molar refractivity (Wildman–Crippen MR) is 84.8 cm³/mol. The first-order valence-corrected chi connectivity index (χ1v) is 6.81. The molecule has 0 spiro atoms. The minimum atomic E-state index is -0.166. The van der Waals surface area contributed by atoms with Crippen LogP contribution in [0.3, 0.4) is 0 Å². The summed E-state index contributed by atoms with van der Waals surface area (Å²) in [4.78, 5) is 14.2. The minimum absolute atomic E-state index is 0.166. The maximum absolute atomic E-state index is 12.6. The third kappa shape index (κ3) is 3.41. The predicted octanol–water partition coefficient (Wildman–Crippen LogP) is 4.83. The van der Waals surface area contributed by atoms with Crippen molar-refractivity contribution in [2.45, 2.75) is 0 Å². The molecule has 0 heterocycles. The Labute approximate surface area is 128 Å². The van der Waals surface area contributed by atoms with Crippen LogP contribution in [0.15, 0.2) is 61.2 Å². The fourth-order valence-corrected chi connectivity index (χ4v) is 2.40. The van der Waals surface area contributed by atoms with Gasteiger partial charge in [-0.2, -0.15) is 0 Å². The summed E-state index contributed by atoms with van der Waals surface area (Å²) in [7, 11) is 0. The number of benzene rings is 2. The summed E-state index contributed by atoms with van der Waals surface area (Å²) in [5, 5.41) is 0.875. The van der Waals surface area contributed by atoms with Gasteiger partial charge in [0, 0.05) is 27.8 Å². The molecule has 0 N–H and O–H groups in total. The van der Waals surface area contributed by atoms with Crippen LogP contribution in [-0.2, 0) is 0 Å². The lowest BCUT2D eigenvalue weighted by Crippen LogP contribution is -2.31. The van der Waals surface area contributed by atoms with E-state index in [1.807, 2.05) is 30.3 Å². The molecule has 2 aromatic carbocycles. The molecule has 0 radical (unpaired) electrons. The van der Waals surface area contributed by atoms with Gasteiger partial charge in [-0.1, -0.05) is 47.5 Å². The standard InChI is InChI=1S/C16H13Cl2NO/c1-2-8-19(15-6-4-3-5-7-15)16(20)12-9-13(17)11-14(18)10-12/h2-7,9-11H,1,8H2. The summed E-state index contributed by atoms with van der Waals surface area (Å²) in [6, 6.07) is 14.2. The van der Waals surface area contributed by atoms with Gasteiger partial charge in [-0.15, -0.1) is 6.58 Å². The monoisotopic (exact) mass is 305 g/mol. The van der Waals surface area contributed by atoms with Crippen molar-refractivity contribution in [1.82, 2.24) is 0 Å². The van der Waals surface area contributed by atoms with Gasteiger partial charge >= 0.3 is 0 Å². The second-order valence-corrected chi connectivity index (χ2v) is 5.07. The average Bonchev–Trinajstić information content (AvgIpc) is 2.44. The molecular formula is C16H13Cl2NO. The molecule has 0 saturated heterocycles. The van der Waals surface area contributed by atoms with Crippen LogP contribution in [0.2, 0.25) is 10.0 Å². The van der Waals surface area contributed by atoms with E-state index >= 15 is 0 Å². The summed E-state index contributed by atoms with van der Waals surface area (Å²) in [5.74, 6) is -0.166. The zero-order valence-corrected chi connectivity index (χ0v) is 12.2. The molecule has 0 aliphatic carbocycles. The first kappa shape index (κ1) is 14.6. The van der Waals surface area contributed by atoms with Crippen LogP contribution >= 0.6 is 23.2 Å². The van der Waals surface area contributed by atoms with Gasteiger partial charge in [0.05, 0.1) is 0 Å². The van der Waals surface area contributed by atoms with Crippen molar-refractivity contribution < 1.29 is 4.79 Å². The number of rotatable bonds is 4. The van der Waals surface area contributed by atoms with Crippen LogP contribution in [-0.4, -0.2) is 12.5 Å². The average molecular weight is 306 g/mol. The summed E-state index contributed by atoms with van der Waals surface area (Å²) >= 11 is 11.9. The Balaban J connectivity index is 2.39. The number of hydrogen-bond acceptors (Lipinski definition) is 1. The van der Waals surface area contributed by atoms with Crippen LogP contribution in [0.5, 0.6) is 0 Å². The highest BCUT2D eigenvalue weighted by Crippen LogP contribution is 2.22. The SMILES string of the molecule is C=CCN(C(=O)c1cc(Cl)cc(Cl)c1)c1ccccc1. The number of hydrogen-bond donors (Lipinski definition) is 0. The van der Waals surface area contributed by atoms with Gasteiger partial charge in [-0.3, -0.25) is 4.79 Å². The lowest BCUT2D eigenvalue weighted by molar-refractivity contribution is 0.0989. The first-order valence-electron chi connectivity index (χ1n) is 6.05. The van der Waals surface area contributed by atoms with Crippen molar-refractivity contribution >= 4 is 34.8 Å². The van der Waals surface area contributed by atoms with Crippen LogP contribution in [0.1, 0.15) is 10.4 Å². The summed E-state index contributed by atoms with van der Waals surface area (Å²) in [6.45, 7) is 4.10. The second kappa shape index (κ2) is 6.60. The maximum Gasteiger partial charge on any atom is 0.258 e. The lowest BCUT2D eigenvalue weighted by atomic mass is 10.1. The van der Waals surface area contributed by atoms with Gasteiger partial charge in [0.25, 0.3) is 5.91 Å². The number of carbonyl (C=O) groups is 1. The Bertz CT molecular complexity index is 605. The van der Waals surface area contributed by atoms with Gasteiger partial charge in [0.2, 0.25) is 0 Å². The minimum Gasteiger partial charge on any atom is -0.305 e. The van der Waals surface area contributed by atoms with Crippen LogP contribution in [0, 0.1) is 0 Å². The fourth-order valence-electron chi connectivity index (χ4n) is 1.88. The zero-order valence-electron chi connectivity index (χ0n) is 10.7. The largest absolute Gasteiger partial charge is 0.305 e. The highest BCUT2D eigenvalue weighted by molar-refractivity contribution is 6.35. The van der Waals surface area contributed by atoms with Crippen LogP contribution in [0.4, 0.5) is 5.69 Å². The van der Waals surface area contributed by atoms with Crippen molar-refractivity contribution in [1.29, 1.82) is 0 Å². The van der Waals surface area contributed by atoms with Crippen molar-refractivity contribution in [2.75, 3.05) is 11.4 Å². The summed E-state index contributed by atoms with van der Waals surface area (Å²) in [6.07, 6.45) is 1.68. The summed E-state index contributed by atoms with van der Waals surface area (Å²) < 4.78 is 0. The molecule has 1 amide bonds. The first-order chi connectivity index (χ1) is 9.61. The van der Waals surface area contributed by atoms with Gasteiger partial charge in [0.1, 0.15) is 0 Å². The van der Waals surface area contributed by atoms with E-state index in [1.54, 1.807) is 29.2 Å². The quantitative estimate of drug-likeness (QED) is 0.741. The molecule has 2 nitrogen and oxygen atoms in total. The lowest BCUT2D eigenvalue weighted by Gasteiger charge is -2.21. The molecule has 0 unspecified atom stereocenters. The Morgan fingerprint density at radius 3 is 2.25 bits per heavy atom. The van der Waals surface area contributed by atoms with Crippen molar-refractivity contribution in [3.8, 4) is 0 Å². The fraction of sp³-hybridized carbons (Fsp3) is 0.0625. The molecular weight excluding hydrogens is 293 g/mol. The highest BCUT2D eigenvalue weighted by atomic mass is 35.5. The van der Waals surface area contributed by atoms with E-state index in [1.165, 1.54) is 0 Å². The second-order valence-electron chi connectivity index (χ2n) is 4.20. The Morgan fingerprint density at radius 1 is 1.10 bits per heavy atom. The van der Waals surface area contributed by atoms with Gasteiger partial charge < -0.3 is 4.90 Å². The van der Waals surface area contributed by atoms with E-state index in [9.17, 15) is 4.79 Å². The number of para-hydroxylation sites is 1. The van der Waals surface area contributed by atoms with Crippen LogP contribution in [0.25, 0.3) is 0 Å². The molecule has 20 heavy (non-hydrogen) atoms. The normalized spacial score (nSPS) is 10.1. The zero-order chi connectivity index (χ0) is 14.5. The maximum atomic E-state index is 12.6. The molecule has 0 fully saturated rings. The third-order valence-corrected chi connectivity index (χ3v) is 3.17. The van der Waals surface area contributed by atoms with Gasteiger partial charge in [0.15, 0.2) is 0 Å². The van der Waals surface area contributed by atoms with E-state index in [0.717, 1.165) is 5.69 Å². The molecule has 0 bridgehead atoms.